The van der Waals surface area contributed by atoms with Crippen molar-refractivity contribution >= 4 is 22.8 Å². The minimum atomic E-state index is -1.18. The number of rotatable bonds is 8. The highest BCUT2D eigenvalue weighted by molar-refractivity contribution is 5.91. The zero-order valence-electron chi connectivity index (χ0n) is 27.0. The molecule has 2 amide bonds. The number of imidazole rings is 2. The van der Waals surface area contributed by atoms with Gasteiger partial charge in [0.15, 0.2) is 0 Å². The van der Waals surface area contributed by atoms with E-state index in [0.29, 0.717) is 18.0 Å². The lowest BCUT2D eigenvalue weighted by molar-refractivity contribution is -0.136. The Bertz CT molecular complexity index is 2040. The van der Waals surface area contributed by atoms with Crippen LogP contribution in [0.4, 0.5) is 4.79 Å². The molecular formula is C38H39N7O3. The molecule has 4 heterocycles. The zero-order valence-corrected chi connectivity index (χ0v) is 27.0. The van der Waals surface area contributed by atoms with E-state index < -0.39 is 12.1 Å². The van der Waals surface area contributed by atoms with Crippen molar-refractivity contribution in [2.24, 2.45) is 17.8 Å². The first-order chi connectivity index (χ1) is 23.3. The van der Waals surface area contributed by atoms with E-state index in [-0.39, 0.29) is 23.9 Å². The van der Waals surface area contributed by atoms with Crippen LogP contribution in [0, 0.1) is 17.8 Å². The zero-order chi connectivity index (χ0) is 32.7. The molecule has 5 N–H and O–H groups in total. The third kappa shape index (κ3) is 5.15. The summed E-state index contributed by atoms with van der Waals surface area (Å²) in [5.74, 6) is 2.75. The van der Waals surface area contributed by atoms with Crippen molar-refractivity contribution in [2.45, 2.75) is 69.7 Å². The number of piperidine rings is 2. The molecule has 2 aliphatic carbocycles. The van der Waals surface area contributed by atoms with Gasteiger partial charge in [-0.1, -0.05) is 62.4 Å². The second kappa shape index (κ2) is 11.1. The monoisotopic (exact) mass is 641 g/mol. The summed E-state index contributed by atoms with van der Waals surface area (Å²) in [5, 5.41) is 17.7. The van der Waals surface area contributed by atoms with Gasteiger partial charge in [-0.05, 0) is 83.0 Å². The summed E-state index contributed by atoms with van der Waals surface area (Å²) in [6.45, 7) is 3.73. The molecule has 0 unspecified atom stereocenters. The summed E-state index contributed by atoms with van der Waals surface area (Å²) < 4.78 is 0. The number of hydrogen-bond donors (Lipinski definition) is 5. The van der Waals surface area contributed by atoms with Crippen molar-refractivity contribution < 1.29 is 14.7 Å². The fourth-order valence-electron chi connectivity index (χ4n) is 8.10. The molecule has 3 aromatic carbocycles. The maximum absolute atomic E-state index is 13.6. The lowest BCUT2D eigenvalue weighted by atomic mass is 9.98. The van der Waals surface area contributed by atoms with Gasteiger partial charge in [0, 0.05) is 23.8 Å². The molecule has 2 aliphatic heterocycles. The Balaban J connectivity index is 0.911. The van der Waals surface area contributed by atoms with E-state index in [1.165, 1.54) is 12.8 Å². The van der Waals surface area contributed by atoms with Gasteiger partial charge in [-0.15, -0.1) is 0 Å². The first-order valence-electron chi connectivity index (χ1n) is 17.1. The van der Waals surface area contributed by atoms with Crippen LogP contribution in [0.2, 0.25) is 0 Å². The molecule has 10 heteroatoms. The summed E-state index contributed by atoms with van der Waals surface area (Å²) in [6.07, 6.45) is 6.97. The van der Waals surface area contributed by atoms with Gasteiger partial charge in [-0.25, -0.2) is 14.8 Å². The number of aromatic nitrogens is 4. The topological polar surface area (TPSA) is 139 Å². The van der Waals surface area contributed by atoms with Crippen LogP contribution in [0.3, 0.4) is 0 Å². The quantitative estimate of drug-likeness (QED) is 0.128. The molecule has 2 saturated carbocycles. The summed E-state index contributed by atoms with van der Waals surface area (Å²) >= 11 is 0. The number of carboxylic acid groups (broad SMARTS) is 1. The number of hydrogen-bond acceptors (Lipinski definition) is 5. The van der Waals surface area contributed by atoms with E-state index in [2.05, 4.69) is 86.2 Å². The average molecular weight is 642 g/mol. The van der Waals surface area contributed by atoms with Gasteiger partial charge < -0.3 is 30.6 Å². The summed E-state index contributed by atoms with van der Waals surface area (Å²) in [6, 6.07) is 21.8. The number of aromatic amines is 2. The molecule has 48 heavy (non-hydrogen) atoms. The highest BCUT2D eigenvalue weighted by Crippen LogP contribution is 2.53. The van der Waals surface area contributed by atoms with E-state index in [1.54, 1.807) is 0 Å². The summed E-state index contributed by atoms with van der Waals surface area (Å²) in [7, 11) is 0. The molecule has 0 spiro atoms. The molecule has 0 bridgehead atoms. The third-order valence-electron chi connectivity index (χ3n) is 11.0. The predicted molar refractivity (Wildman–Crippen MR) is 183 cm³/mol. The maximum atomic E-state index is 13.6. The Kier molecular flexibility index (Phi) is 6.72. The molecule has 2 aromatic heterocycles. The number of benzene rings is 3. The van der Waals surface area contributed by atoms with Crippen molar-refractivity contribution in [1.29, 1.82) is 0 Å². The van der Waals surface area contributed by atoms with Crippen molar-refractivity contribution in [2.75, 3.05) is 0 Å². The van der Waals surface area contributed by atoms with E-state index in [4.69, 9.17) is 4.98 Å². The minimum Gasteiger partial charge on any atom is -0.465 e. The van der Waals surface area contributed by atoms with Gasteiger partial charge in [0.1, 0.15) is 17.7 Å². The average Bonchev–Trinajstić information content (AvgIpc) is 3.65. The third-order valence-corrected chi connectivity index (χ3v) is 11.0. The van der Waals surface area contributed by atoms with E-state index in [0.717, 1.165) is 74.8 Å². The number of amides is 2. The lowest BCUT2D eigenvalue weighted by Crippen LogP contribution is -2.51. The van der Waals surface area contributed by atoms with Crippen LogP contribution >= 0.6 is 0 Å². The number of nitrogens with one attached hydrogen (secondary N) is 4. The first kappa shape index (κ1) is 29.2. The molecule has 5 aromatic rings. The van der Waals surface area contributed by atoms with Crippen LogP contribution in [0.1, 0.15) is 63.3 Å². The number of carbonyl (C=O) groups excluding carboxylic acids is 1. The van der Waals surface area contributed by atoms with Gasteiger partial charge in [-0.3, -0.25) is 4.79 Å². The SMILES string of the molecule is CC(C)[C@H](NC(=O)O)C(=O)N1[C@@H]2C[C@@H]2C[C@H]1c1nc(-c2ccc3cc(-c4ccc(-c5cnc([C@@H]6C[C@H]7C[C@H]7N6)[nH]5)cc4)ccc3c2)c[nH]1. The Morgan fingerprint density at radius 2 is 1.60 bits per heavy atom. The van der Waals surface area contributed by atoms with Crippen LogP contribution in [-0.4, -0.2) is 60.1 Å². The molecule has 244 valence electrons. The van der Waals surface area contributed by atoms with E-state index >= 15 is 0 Å². The van der Waals surface area contributed by atoms with Gasteiger partial charge >= 0.3 is 6.09 Å². The second-order valence-corrected chi connectivity index (χ2v) is 14.5. The Labute approximate surface area is 278 Å². The summed E-state index contributed by atoms with van der Waals surface area (Å²) in [5.41, 5.74) is 6.32. The van der Waals surface area contributed by atoms with Crippen molar-refractivity contribution in [3.8, 4) is 33.6 Å². The Morgan fingerprint density at radius 1 is 0.875 bits per heavy atom. The highest BCUT2D eigenvalue weighted by atomic mass is 16.4. The smallest absolute Gasteiger partial charge is 0.405 e. The van der Waals surface area contributed by atoms with Crippen molar-refractivity contribution in [1.82, 2.24) is 35.5 Å². The van der Waals surface area contributed by atoms with Crippen LogP contribution in [0.25, 0.3) is 44.4 Å². The van der Waals surface area contributed by atoms with Gasteiger partial charge in [0.05, 0.1) is 29.7 Å². The molecular weight excluding hydrogens is 602 g/mol. The largest absolute Gasteiger partial charge is 0.465 e. The molecule has 4 aliphatic rings. The fourth-order valence-corrected chi connectivity index (χ4v) is 8.10. The minimum absolute atomic E-state index is 0.154. The highest BCUT2D eigenvalue weighted by Gasteiger charge is 2.56. The standard InChI is InChI=1S/C38H39N7O3/c1-19(2)34(44-38(47)48)37(46)45-32-15-27(32)16-33(45)36-40-18-31(43-36)25-10-9-23-11-22(7-8-24(23)12-25)20-3-5-21(6-4-20)30-17-39-35(42-30)29-14-26-13-28(26)41-29/h3-12,17-19,26-29,32-34,41,44H,13-16H2,1-2H3,(H,39,42)(H,40,43)(H,47,48)/t26-,27-,28-,29+,32-,33+,34+/m1/s1. The fraction of sp³-hybridized carbons (Fsp3) is 0.368. The normalized spacial score (nSPS) is 26.0. The van der Waals surface area contributed by atoms with Crippen LogP contribution < -0.4 is 10.6 Å². The Morgan fingerprint density at radius 3 is 2.33 bits per heavy atom. The number of fused-ring (bicyclic) bond motifs is 3. The second-order valence-electron chi connectivity index (χ2n) is 14.5. The predicted octanol–water partition coefficient (Wildman–Crippen LogP) is 6.66. The van der Waals surface area contributed by atoms with Gasteiger partial charge in [0.2, 0.25) is 5.91 Å². The van der Waals surface area contributed by atoms with E-state index in [1.807, 2.05) is 31.1 Å². The number of nitrogens with zero attached hydrogens (tertiary/aromatic N) is 3. The van der Waals surface area contributed by atoms with Crippen LogP contribution in [0.5, 0.6) is 0 Å². The van der Waals surface area contributed by atoms with Crippen LogP contribution in [-0.2, 0) is 4.79 Å². The van der Waals surface area contributed by atoms with Crippen LogP contribution in [0.15, 0.2) is 73.1 Å². The molecule has 4 fully saturated rings. The van der Waals surface area contributed by atoms with Crippen molar-refractivity contribution in [3.05, 3.63) is 84.7 Å². The molecule has 0 radical (unpaired) electrons. The molecule has 2 saturated heterocycles. The molecule has 9 rings (SSSR count). The lowest BCUT2D eigenvalue weighted by Gasteiger charge is -2.31. The number of H-pyrrole nitrogens is 2. The summed E-state index contributed by atoms with van der Waals surface area (Å²) in [4.78, 5) is 43.4. The first-order valence-corrected chi connectivity index (χ1v) is 17.1. The van der Waals surface area contributed by atoms with Gasteiger partial charge in [0.25, 0.3) is 0 Å². The molecule has 7 atom stereocenters. The van der Waals surface area contributed by atoms with E-state index in [9.17, 15) is 14.7 Å². The Hall–Kier alpha value is -4.96. The maximum Gasteiger partial charge on any atom is 0.405 e. The van der Waals surface area contributed by atoms with Gasteiger partial charge in [-0.2, -0.15) is 0 Å². The number of carbonyl (C=O) groups is 2. The molecule has 10 nitrogen and oxygen atoms in total. The van der Waals surface area contributed by atoms with Crippen molar-refractivity contribution in [3.63, 3.8) is 0 Å². The number of likely N-dealkylation sites (tertiary alicyclic amines) is 1.